The molecule has 0 fully saturated rings. The number of hydrogen-bond donors (Lipinski definition) is 0. The molecule has 34 heavy (non-hydrogen) atoms. The average molecular weight is 536 g/mol. The minimum absolute atomic E-state index is 0.678. The summed E-state index contributed by atoms with van der Waals surface area (Å²) in [5.74, 6) is 0. The van der Waals surface area contributed by atoms with Crippen molar-refractivity contribution in [2.75, 3.05) is 0 Å². The molecule has 4 aromatic rings. The maximum absolute atomic E-state index is 2.52. The van der Waals surface area contributed by atoms with Gasteiger partial charge in [0.15, 0.2) is 0 Å². The molecule has 1 nitrogen and oxygen atoms in total. The van der Waals surface area contributed by atoms with E-state index in [1.165, 1.54) is 38.9 Å². The number of hydrogen-bond acceptors (Lipinski definition) is 0. The van der Waals surface area contributed by atoms with E-state index in [0.717, 1.165) is 5.54 Å². The van der Waals surface area contributed by atoms with Crippen LogP contribution in [0.3, 0.4) is 0 Å². The van der Waals surface area contributed by atoms with E-state index in [-0.39, 0.29) is 0 Å². The third-order valence-electron chi connectivity index (χ3n) is 8.12. The van der Waals surface area contributed by atoms with Crippen molar-refractivity contribution in [3.63, 3.8) is 0 Å². The van der Waals surface area contributed by atoms with Crippen LogP contribution in [0, 0.1) is 6.92 Å². The fraction of sp³-hybridized carbons (Fsp3) is 0.226. The first-order chi connectivity index (χ1) is 16.3. The second kappa shape index (κ2) is 7.90. The Balaban J connectivity index is 0.000000132. The van der Waals surface area contributed by atoms with Gasteiger partial charge in [0, 0.05) is 22.6 Å². The summed E-state index contributed by atoms with van der Waals surface area (Å²) in [4.78, 5) is 0. The number of benzene rings is 3. The first-order valence-electron chi connectivity index (χ1n) is 12.2. The third kappa shape index (κ3) is 3.06. The summed E-state index contributed by atoms with van der Waals surface area (Å²) in [6, 6.07) is 26.4. The van der Waals surface area contributed by atoms with Gasteiger partial charge in [0.25, 0.3) is 0 Å². The zero-order valence-corrected chi connectivity index (χ0v) is 24.1. The predicted octanol–water partition coefficient (Wildman–Crippen LogP) is 8.30. The van der Waals surface area contributed by atoms with Crippen LogP contribution in [0.15, 0.2) is 83.9 Å². The molecule has 2 atom stereocenters. The van der Waals surface area contributed by atoms with Crippen molar-refractivity contribution >= 4 is 30.1 Å². The van der Waals surface area contributed by atoms with E-state index in [2.05, 4.69) is 117 Å². The number of aryl methyl sites for hydroxylation is 1. The Bertz CT molecular complexity index is 1520. The topological polar surface area (TPSA) is 4.93 Å². The molecule has 2 bridgehead atoms. The van der Waals surface area contributed by atoms with Gasteiger partial charge in [-0.15, -0.1) is 0 Å². The Labute approximate surface area is 219 Å². The molecule has 0 N–H and O–H groups in total. The molecule has 3 heteroatoms. The molecule has 4 aliphatic rings. The summed E-state index contributed by atoms with van der Waals surface area (Å²) < 4.78 is 3.16. The Morgan fingerprint density at radius 3 is 2.29 bits per heavy atom. The molecule has 0 amide bonds. The van der Waals surface area contributed by atoms with Crippen LogP contribution in [0.4, 0.5) is 0 Å². The number of fused-ring (bicyclic) bond motifs is 3. The first-order valence-corrected chi connectivity index (χ1v) is 16.7. The van der Waals surface area contributed by atoms with E-state index >= 15 is 0 Å². The van der Waals surface area contributed by atoms with Crippen LogP contribution in [-0.4, -0.2) is 12.6 Å². The molecule has 8 rings (SSSR count). The fourth-order valence-corrected chi connectivity index (χ4v) is 11.8. The van der Waals surface area contributed by atoms with Crippen molar-refractivity contribution in [2.45, 2.75) is 43.0 Å². The molecule has 0 saturated carbocycles. The summed E-state index contributed by atoms with van der Waals surface area (Å²) >= 11 is 1.60. The molecular formula is C31H30NSiZr. The van der Waals surface area contributed by atoms with Gasteiger partial charge in [0.2, 0.25) is 0 Å². The van der Waals surface area contributed by atoms with Crippen molar-refractivity contribution < 1.29 is 24.7 Å². The molecule has 2 aliphatic heterocycles. The van der Waals surface area contributed by atoms with Gasteiger partial charge in [-0.05, 0) is 37.6 Å². The van der Waals surface area contributed by atoms with Crippen LogP contribution < -0.4 is 0 Å². The molecule has 2 aliphatic carbocycles. The number of nitrogens with zero attached hydrogens (tertiary/aromatic N) is 1. The predicted molar refractivity (Wildman–Crippen MR) is 144 cm³/mol. The van der Waals surface area contributed by atoms with Gasteiger partial charge in [-0.25, -0.2) is 0 Å². The zero-order chi connectivity index (χ0) is 23.8. The molecule has 167 valence electrons. The van der Waals surface area contributed by atoms with Gasteiger partial charge in [-0.1, -0.05) is 42.1 Å². The Hall–Kier alpha value is -2.22. The summed E-state index contributed by atoms with van der Waals surface area (Å²) in [6.45, 7) is 11.8. The van der Waals surface area contributed by atoms with E-state index in [9.17, 15) is 0 Å². The SMILES string of the molecule is CC1=C2c3cc(C)n(-c4ccccc4)c3C1[Si]2(C)C.CC1=Cc2c(ccc3ccccc23)[CH]1[Zr]. The van der Waals surface area contributed by atoms with E-state index in [0.29, 0.717) is 3.63 Å². The van der Waals surface area contributed by atoms with Crippen molar-refractivity contribution in [1.82, 2.24) is 4.57 Å². The van der Waals surface area contributed by atoms with Crippen LogP contribution in [-0.2, 0) is 24.7 Å². The molecule has 0 saturated heterocycles. The second-order valence-electron chi connectivity index (χ2n) is 10.6. The monoisotopic (exact) mass is 534 g/mol. The second-order valence-corrected chi connectivity index (χ2v) is 16.5. The van der Waals surface area contributed by atoms with Crippen LogP contribution in [0.5, 0.6) is 0 Å². The van der Waals surface area contributed by atoms with Crippen molar-refractivity contribution in [1.29, 1.82) is 0 Å². The summed E-state index contributed by atoms with van der Waals surface area (Å²) in [7, 11) is -1.19. The van der Waals surface area contributed by atoms with Gasteiger partial charge in [-0.2, -0.15) is 0 Å². The summed E-state index contributed by atoms with van der Waals surface area (Å²) in [5.41, 5.74) is 12.7. The van der Waals surface area contributed by atoms with Gasteiger partial charge in [0.1, 0.15) is 0 Å². The molecule has 3 aromatic carbocycles. The van der Waals surface area contributed by atoms with E-state index in [4.69, 9.17) is 0 Å². The van der Waals surface area contributed by atoms with E-state index < -0.39 is 8.07 Å². The Morgan fingerprint density at radius 2 is 1.56 bits per heavy atom. The number of allylic oxidation sites excluding steroid dienone is 2. The minimum atomic E-state index is -1.19. The Kier molecular flexibility index (Phi) is 5.17. The standard InChI is InChI=1S/C17H19NSi.C14H11.Zr/c1-11-10-14-15(17-12(2)16(14)19(17,3)4)18(11)13-8-6-5-7-9-13;1-10-8-12-7-6-11-4-2-3-5-13(11)14(12)9-10;/h5-10,17H,1-4H3;2-9H,1H3;. The van der Waals surface area contributed by atoms with Crippen molar-refractivity contribution in [2.24, 2.45) is 0 Å². The molecular weight excluding hydrogens is 506 g/mol. The molecule has 2 unspecified atom stereocenters. The summed E-state index contributed by atoms with van der Waals surface area (Å²) in [5, 5.41) is 4.48. The zero-order valence-electron chi connectivity index (χ0n) is 20.6. The normalized spacial score (nSPS) is 20.9. The summed E-state index contributed by atoms with van der Waals surface area (Å²) in [6.07, 6.45) is 2.36. The van der Waals surface area contributed by atoms with Crippen LogP contribution in [0.25, 0.3) is 27.7 Å². The Morgan fingerprint density at radius 1 is 0.853 bits per heavy atom. The van der Waals surface area contributed by atoms with Crippen molar-refractivity contribution in [3.05, 3.63) is 112 Å². The maximum atomic E-state index is 2.52. The van der Waals surface area contributed by atoms with Gasteiger partial charge < -0.3 is 4.57 Å². The van der Waals surface area contributed by atoms with Crippen molar-refractivity contribution in [3.8, 4) is 5.69 Å². The quantitative estimate of drug-likeness (QED) is 0.216. The molecule has 0 spiro atoms. The number of para-hydroxylation sites is 1. The average Bonchev–Trinajstić information content (AvgIpc) is 3.47. The fourth-order valence-electron chi connectivity index (χ4n) is 6.71. The van der Waals surface area contributed by atoms with E-state index in [1.807, 2.05) is 0 Å². The molecule has 1 aromatic heterocycles. The van der Waals surface area contributed by atoms with Gasteiger partial charge in [-0.3, -0.25) is 0 Å². The van der Waals surface area contributed by atoms with Gasteiger partial charge >= 0.3 is 105 Å². The van der Waals surface area contributed by atoms with Crippen LogP contribution >= 0.6 is 0 Å². The van der Waals surface area contributed by atoms with Crippen LogP contribution in [0.2, 0.25) is 13.1 Å². The third-order valence-corrected chi connectivity index (χ3v) is 14.1. The molecule has 3 heterocycles. The number of aromatic nitrogens is 1. The molecule has 0 radical (unpaired) electrons. The number of rotatable bonds is 1. The van der Waals surface area contributed by atoms with Crippen LogP contribution in [0.1, 0.15) is 51.1 Å². The van der Waals surface area contributed by atoms with Gasteiger partial charge in [0.05, 0.1) is 8.07 Å². The van der Waals surface area contributed by atoms with E-state index in [1.54, 1.807) is 46.7 Å². The first kappa shape index (κ1) is 22.3.